The Labute approximate surface area is 102 Å². The molecule has 0 radical (unpaired) electrons. The molecule has 0 aliphatic rings. The lowest BCUT2D eigenvalue weighted by Crippen LogP contribution is -2.11. The normalized spacial score (nSPS) is 11.8. The maximum Gasteiger partial charge on any atom is 0.203 e. The third-order valence-electron chi connectivity index (χ3n) is 2.55. The summed E-state index contributed by atoms with van der Waals surface area (Å²) < 4.78 is 15.9. The van der Waals surface area contributed by atoms with Crippen molar-refractivity contribution in [1.82, 2.24) is 0 Å². The number of nitrogens with two attached hydrogens (primary N) is 1. The summed E-state index contributed by atoms with van der Waals surface area (Å²) in [5.41, 5.74) is 6.93. The van der Waals surface area contributed by atoms with Crippen LogP contribution in [0.2, 0.25) is 0 Å². The fourth-order valence-corrected chi connectivity index (χ4v) is 1.72. The molecule has 0 aromatic heterocycles. The van der Waals surface area contributed by atoms with Gasteiger partial charge in [0.1, 0.15) is 0 Å². The zero-order valence-electron chi connectivity index (χ0n) is 10.5. The van der Waals surface area contributed by atoms with E-state index in [-0.39, 0.29) is 6.04 Å². The van der Waals surface area contributed by atoms with E-state index in [9.17, 15) is 0 Å². The van der Waals surface area contributed by atoms with Crippen molar-refractivity contribution in [2.75, 3.05) is 21.3 Å². The highest BCUT2D eigenvalue weighted by molar-refractivity contribution is 5.56. The van der Waals surface area contributed by atoms with Crippen LogP contribution in [0.25, 0.3) is 0 Å². The Morgan fingerprint density at radius 1 is 1.18 bits per heavy atom. The van der Waals surface area contributed by atoms with E-state index in [4.69, 9.17) is 19.9 Å². The molecule has 0 spiro atoms. The van der Waals surface area contributed by atoms with Crippen molar-refractivity contribution >= 4 is 0 Å². The zero-order chi connectivity index (χ0) is 12.8. The molecule has 4 nitrogen and oxygen atoms in total. The molecule has 0 heterocycles. The molecule has 0 amide bonds. The summed E-state index contributed by atoms with van der Waals surface area (Å²) >= 11 is 0. The number of benzene rings is 1. The number of ether oxygens (including phenoxy) is 3. The van der Waals surface area contributed by atoms with Crippen molar-refractivity contribution in [2.24, 2.45) is 5.73 Å². The predicted octanol–water partition coefficient (Wildman–Crippen LogP) is 2.29. The number of hydrogen-bond donors (Lipinski definition) is 1. The van der Waals surface area contributed by atoms with E-state index in [1.54, 1.807) is 27.4 Å². The van der Waals surface area contributed by atoms with Crippen LogP contribution in [0.5, 0.6) is 17.2 Å². The molecule has 0 unspecified atom stereocenters. The number of hydrogen-bond acceptors (Lipinski definition) is 4. The Hall–Kier alpha value is -1.68. The summed E-state index contributed by atoms with van der Waals surface area (Å²) in [5, 5.41) is 0. The van der Waals surface area contributed by atoms with E-state index in [0.29, 0.717) is 23.7 Å². The molecule has 4 heteroatoms. The molecular weight excluding hydrogens is 218 g/mol. The van der Waals surface area contributed by atoms with Gasteiger partial charge in [0.25, 0.3) is 0 Å². The van der Waals surface area contributed by atoms with Crippen LogP contribution in [0.3, 0.4) is 0 Å². The Bertz CT molecular complexity index is 390. The third kappa shape index (κ3) is 2.71. The Morgan fingerprint density at radius 2 is 1.82 bits per heavy atom. The highest BCUT2D eigenvalue weighted by Crippen LogP contribution is 2.42. The molecule has 0 aliphatic heterocycles. The van der Waals surface area contributed by atoms with Gasteiger partial charge >= 0.3 is 0 Å². The van der Waals surface area contributed by atoms with Gasteiger partial charge in [0.05, 0.1) is 21.3 Å². The van der Waals surface area contributed by atoms with Crippen LogP contribution in [-0.2, 0) is 0 Å². The summed E-state index contributed by atoms with van der Waals surface area (Å²) in [6.45, 7) is 3.68. The van der Waals surface area contributed by atoms with Gasteiger partial charge in [0.2, 0.25) is 5.75 Å². The lowest BCUT2D eigenvalue weighted by molar-refractivity contribution is 0.321. The van der Waals surface area contributed by atoms with Gasteiger partial charge in [0.15, 0.2) is 11.5 Å². The molecule has 1 atom stereocenters. The average Bonchev–Trinajstić information content (AvgIpc) is 2.36. The summed E-state index contributed by atoms with van der Waals surface area (Å²) in [7, 11) is 4.74. The quantitative estimate of drug-likeness (QED) is 0.771. The van der Waals surface area contributed by atoms with Crippen LogP contribution in [0, 0.1) is 0 Å². The molecule has 1 aromatic carbocycles. The van der Waals surface area contributed by atoms with Crippen LogP contribution >= 0.6 is 0 Å². The second-order valence-electron chi connectivity index (χ2n) is 3.55. The molecule has 0 aliphatic carbocycles. The lowest BCUT2D eigenvalue weighted by Gasteiger charge is -2.18. The second-order valence-corrected chi connectivity index (χ2v) is 3.55. The van der Waals surface area contributed by atoms with Gasteiger partial charge in [-0.05, 0) is 18.6 Å². The number of rotatable bonds is 6. The minimum atomic E-state index is -0.165. The van der Waals surface area contributed by atoms with E-state index in [0.717, 1.165) is 5.56 Å². The van der Waals surface area contributed by atoms with Crippen LogP contribution in [0.4, 0.5) is 0 Å². The molecule has 0 bridgehead atoms. The minimum Gasteiger partial charge on any atom is -0.493 e. The van der Waals surface area contributed by atoms with E-state index in [1.165, 1.54) is 0 Å². The maximum atomic E-state index is 6.05. The first kappa shape index (κ1) is 13.4. The molecule has 0 saturated heterocycles. The Balaban J connectivity index is 3.27. The predicted molar refractivity (Wildman–Crippen MR) is 67.8 cm³/mol. The van der Waals surface area contributed by atoms with Crippen LogP contribution in [-0.4, -0.2) is 21.3 Å². The van der Waals surface area contributed by atoms with Crippen LogP contribution in [0.15, 0.2) is 24.8 Å². The van der Waals surface area contributed by atoms with E-state index < -0.39 is 0 Å². The molecule has 0 saturated carbocycles. The van der Waals surface area contributed by atoms with Crippen molar-refractivity contribution in [2.45, 2.75) is 12.5 Å². The molecule has 94 valence electrons. The average molecular weight is 237 g/mol. The van der Waals surface area contributed by atoms with Crippen molar-refractivity contribution in [3.8, 4) is 17.2 Å². The summed E-state index contributed by atoms with van der Waals surface area (Å²) in [5.74, 6) is 1.80. The molecule has 17 heavy (non-hydrogen) atoms. The van der Waals surface area contributed by atoms with Gasteiger partial charge < -0.3 is 19.9 Å². The van der Waals surface area contributed by atoms with Gasteiger partial charge in [-0.3, -0.25) is 0 Å². The fourth-order valence-electron chi connectivity index (χ4n) is 1.72. The first-order chi connectivity index (χ1) is 8.19. The number of methoxy groups -OCH3 is 3. The molecule has 0 fully saturated rings. The van der Waals surface area contributed by atoms with Crippen molar-refractivity contribution in [3.63, 3.8) is 0 Å². The monoisotopic (exact) mass is 237 g/mol. The Morgan fingerprint density at radius 3 is 2.29 bits per heavy atom. The van der Waals surface area contributed by atoms with Gasteiger partial charge in [-0.25, -0.2) is 0 Å². The summed E-state index contributed by atoms with van der Waals surface area (Å²) in [6, 6.07) is 3.54. The standard InChI is InChI=1S/C13H19NO3/c1-5-6-10(14)9-7-8-11(15-2)13(17-4)12(9)16-3/h5,7-8,10H,1,6,14H2,2-4H3/t10-/m1/s1. The summed E-state index contributed by atoms with van der Waals surface area (Å²) in [6.07, 6.45) is 2.45. The topological polar surface area (TPSA) is 53.7 Å². The van der Waals surface area contributed by atoms with E-state index >= 15 is 0 Å². The van der Waals surface area contributed by atoms with Crippen molar-refractivity contribution in [1.29, 1.82) is 0 Å². The molecule has 2 N–H and O–H groups in total. The van der Waals surface area contributed by atoms with Crippen molar-refractivity contribution in [3.05, 3.63) is 30.4 Å². The minimum absolute atomic E-state index is 0.165. The SMILES string of the molecule is C=CC[C@@H](N)c1ccc(OC)c(OC)c1OC. The highest BCUT2D eigenvalue weighted by Gasteiger charge is 2.19. The molecule has 1 aromatic rings. The van der Waals surface area contributed by atoms with Gasteiger partial charge in [-0.1, -0.05) is 6.08 Å². The molecular formula is C13H19NO3. The maximum absolute atomic E-state index is 6.05. The zero-order valence-corrected chi connectivity index (χ0v) is 10.5. The first-order valence-corrected chi connectivity index (χ1v) is 5.34. The fraction of sp³-hybridized carbons (Fsp3) is 0.385. The highest BCUT2D eigenvalue weighted by atomic mass is 16.5. The largest absolute Gasteiger partial charge is 0.493 e. The van der Waals surface area contributed by atoms with Crippen LogP contribution < -0.4 is 19.9 Å². The van der Waals surface area contributed by atoms with E-state index in [1.807, 2.05) is 12.1 Å². The Kier molecular flexibility index (Phi) is 4.84. The second kappa shape index (κ2) is 6.15. The van der Waals surface area contributed by atoms with Gasteiger partial charge in [0, 0.05) is 11.6 Å². The molecule has 1 rings (SSSR count). The summed E-state index contributed by atoms with van der Waals surface area (Å²) in [4.78, 5) is 0. The van der Waals surface area contributed by atoms with E-state index in [2.05, 4.69) is 6.58 Å². The van der Waals surface area contributed by atoms with Gasteiger partial charge in [-0.15, -0.1) is 6.58 Å². The van der Waals surface area contributed by atoms with Crippen molar-refractivity contribution < 1.29 is 14.2 Å². The van der Waals surface area contributed by atoms with Gasteiger partial charge in [-0.2, -0.15) is 0 Å². The first-order valence-electron chi connectivity index (χ1n) is 5.34. The lowest BCUT2D eigenvalue weighted by atomic mass is 10.0. The third-order valence-corrected chi connectivity index (χ3v) is 2.55. The van der Waals surface area contributed by atoms with Crippen LogP contribution in [0.1, 0.15) is 18.0 Å². The smallest absolute Gasteiger partial charge is 0.203 e.